The first-order valence-electron chi connectivity index (χ1n) is 9.88. The molecule has 8 heteroatoms. The van der Waals surface area contributed by atoms with Crippen molar-refractivity contribution in [3.05, 3.63) is 78.1 Å². The Labute approximate surface area is 184 Å². The number of halogens is 1. The molecule has 0 unspecified atom stereocenters. The predicted octanol–water partition coefficient (Wildman–Crippen LogP) is 4.60. The average molecular weight is 436 g/mol. The van der Waals surface area contributed by atoms with Crippen LogP contribution in [0.5, 0.6) is 17.2 Å². The van der Waals surface area contributed by atoms with Gasteiger partial charge in [-0.15, -0.1) is 0 Å². The van der Waals surface area contributed by atoms with Gasteiger partial charge in [-0.05, 0) is 62.4 Å². The number of rotatable bonds is 6. The fourth-order valence-corrected chi connectivity index (χ4v) is 3.08. The molecule has 164 valence electrons. The van der Waals surface area contributed by atoms with Gasteiger partial charge in [0.25, 0.3) is 11.8 Å². The van der Waals surface area contributed by atoms with Crippen molar-refractivity contribution in [2.24, 2.45) is 0 Å². The van der Waals surface area contributed by atoms with Gasteiger partial charge in [0, 0.05) is 11.8 Å². The van der Waals surface area contributed by atoms with E-state index in [1.807, 2.05) is 0 Å². The highest BCUT2D eigenvalue weighted by Crippen LogP contribution is 2.34. The van der Waals surface area contributed by atoms with Gasteiger partial charge in [0.2, 0.25) is 6.79 Å². The third kappa shape index (κ3) is 4.64. The van der Waals surface area contributed by atoms with Crippen molar-refractivity contribution < 1.29 is 28.2 Å². The predicted molar refractivity (Wildman–Crippen MR) is 117 cm³/mol. The van der Waals surface area contributed by atoms with E-state index in [2.05, 4.69) is 10.6 Å². The molecule has 1 aliphatic rings. The quantitative estimate of drug-likeness (QED) is 0.590. The maximum absolute atomic E-state index is 13.1. The minimum Gasteiger partial charge on any atom is -0.478 e. The lowest BCUT2D eigenvalue weighted by Gasteiger charge is -2.25. The number of amides is 2. The van der Waals surface area contributed by atoms with Crippen LogP contribution < -0.4 is 24.8 Å². The zero-order valence-corrected chi connectivity index (χ0v) is 17.5. The van der Waals surface area contributed by atoms with Crippen LogP contribution in [0.4, 0.5) is 15.8 Å². The highest BCUT2D eigenvalue weighted by atomic mass is 19.1. The molecule has 3 aromatic rings. The Morgan fingerprint density at radius 3 is 2.44 bits per heavy atom. The zero-order valence-electron chi connectivity index (χ0n) is 17.5. The minimum atomic E-state index is -1.28. The topological polar surface area (TPSA) is 85.9 Å². The maximum atomic E-state index is 13.1. The molecular weight excluding hydrogens is 415 g/mol. The summed E-state index contributed by atoms with van der Waals surface area (Å²) in [5.74, 6) is 0.229. The van der Waals surface area contributed by atoms with Crippen molar-refractivity contribution >= 4 is 23.2 Å². The fourth-order valence-electron chi connectivity index (χ4n) is 3.08. The molecule has 2 amide bonds. The summed E-state index contributed by atoms with van der Waals surface area (Å²) < 4.78 is 29.4. The number of carbonyl (C=O) groups excluding carboxylic acids is 2. The molecule has 0 saturated carbocycles. The van der Waals surface area contributed by atoms with Gasteiger partial charge in [-0.1, -0.05) is 12.1 Å². The molecule has 2 N–H and O–H groups in total. The molecule has 1 aliphatic heterocycles. The number of para-hydroxylation sites is 1. The maximum Gasteiger partial charge on any atom is 0.267 e. The minimum absolute atomic E-state index is 0.136. The van der Waals surface area contributed by atoms with Crippen LogP contribution in [0.1, 0.15) is 24.2 Å². The normalized spacial score (nSPS) is 12.2. The lowest BCUT2D eigenvalue weighted by atomic mass is 10.1. The third-order valence-electron chi connectivity index (χ3n) is 4.78. The Kier molecular flexibility index (Phi) is 5.68. The van der Waals surface area contributed by atoms with Crippen LogP contribution in [0, 0.1) is 5.82 Å². The van der Waals surface area contributed by atoms with Crippen LogP contribution >= 0.6 is 0 Å². The number of anilines is 2. The SMILES string of the molecule is CC(C)(Oc1ccc(F)cc1)C(=O)Nc1ccccc1C(=O)Nc1ccc2c(c1)OCO2. The Balaban J connectivity index is 1.48. The van der Waals surface area contributed by atoms with Crippen molar-refractivity contribution in [3.63, 3.8) is 0 Å². The van der Waals surface area contributed by atoms with Crippen LogP contribution in [0.3, 0.4) is 0 Å². The number of fused-ring (bicyclic) bond motifs is 1. The summed E-state index contributed by atoms with van der Waals surface area (Å²) >= 11 is 0. The van der Waals surface area contributed by atoms with Crippen LogP contribution in [0.25, 0.3) is 0 Å². The van der Waals surface area contributed by atoms with Crippen LogP contribution in [0.2, 0.25) is 0 Å². The summed E-state index contributed by atoms with van der Waals surface area (Å²) in [6.07, 6.45) is 0. The summed E-state index contributed by atoms with van der Waals surface area (Å²) in [7, 11) is 0. The second kappa shape index (κ2) is 8.58. The van der Waals surface area contributed by atoms with Crippen LogP contribution in [-0.2, 0) is 4.79 Å². The van der Waals surface area contributed by atoms with Crippen molar-refractivity contribution in [2.45, 2.75) is 19.4 Å². The molecule has 0 radical (unpaired) electrons. The Hall–Kier alpha value is -4.07. The molecule has 0 aromatic heterocycles. The summed E-state index contributed by atoms with van der Waals surface area (Å²) in [6.45, 7) is 3.30. The van der Waals surface area contributed by atoms with Gasteiger partial charge in [0.15, 0.2) is 17.1 Å². The van der Waals surface area contributed by atoms with Gasteiger partial charge in [0.1, 0.15) is 11.6 Å². The molecule has 7 nitrogen and oxygen atoms in total. The molecule has 32 heavy (non-hydrogen) atoms. The molecule has 1 heterocycles. The molecule has 4 rings (SSSR count). The van der Waals surface area contributed by atoms with E-state index >= 15 is 0 Å². The Morgan fingerprint density at radius 1 is 0.938 bits per heavy atom. The van der Waals surface area contributed by atoms with E-state index in [1.165, 1.54) is 24.3 Å². The van der Waals surface area contributed by atoms with E-state index < -0.39 is 23.2 Å². The van der Waals surface area contributed by atoms with Crippen molar-refractivity contribution in [2.75, 3.05) is 17.4 Å². The van der Waals surface area contributed by atoms with Gasteiger partial charge in [-0.2, -0.15) is 0 Å². The molecular formula is C24H21FN2O5. The lowest BCUT2D eigenvalue weighted by Crippen LogP contribution is -2.42. The van der Waals surface area contributed by atoms with E-state index in [1.54, 1.807) is 56.3 Å². The molecule has 0 saturated heterocycles. The van der Waals surface area contributed by atoms with Gasteiger partial charge in [-0.3, -0.25) is 9.59 Å². The molecule has 0 aliphatic carbocycles. The number of hydrogen-bond acceptors (Lipinski definition) is 5. The molecule has 0 spiro atoms. The number of benzene rings is 3. The first-order chi connectivity index (χ1) is 15.3. The number of carbonyl (C=O) groups is 2. The highest BCUT2D eigenvalue weighted by Gasteiger charge is 2.31. The summed E-state index contributed by atoms with van der Waals surface area (Å²) in [6, 6.07) is 17.1. The third-order valence-corrected chi connectivity index (χ3v) is 4.78. The highest BCUT2D eigenvalue weighted by molar-refractivity contribution is 6.11. The lowest BCUT2D eigenvalue weighted by molar-refractivity contribution is -0.128. The standard InChI is InChI=1S/C24H21FN2O5/c1-24(2,32-17-10-7-15(25)8-11-17)23(29)27-19-6-4-3-5-18(19)22(28)26-16-9-12-20-21(13-16)31-14-30-20/h3-13H,14H2,1-2H3,(H,26,28)(H,27,29). The van der Waals surface area contributed by atoms with E-state index in [0.29, 0.717) is 28.6 Å². The monoisotopic (exact) mass is 436 g/mol. The second-order valence-corrected chi connectivity index (χ2v) is 7.59. The van der Waals surface area contributed by atoms with Gasteiger partial charge in [-0.25, -0.2) is 4.39 Å². The van der Waals surface area contributed by atoms with Crippen molar-refractivity contribution in [3.8, 4) is 17.2 Å². The Bertz CT molecular complexity index is 1160. The van der Waals surface area contributed by atoms with E-state index in [0.717, 1.165) is 0 Å². The number of nitrogens with one attached hydrogen (secondary N) is 2. The summed E-state index contributed by atoms with van der Waals surface area (Å²) in [5, 5.41) is 5.54. The van der Waals surface area contributed by atoms with Crippen LogP contribution in [0.15, 0.2) is 66.7 Å². The number of hydrogen-bond donors (Lipinski definition) is 2. The first-order valence-corrected chi connectivity index (χ1v) is 9.88. The van der Waals surface area contributed by atoms with Gasteiger partial charge in [0.05, 0.1) is 11.3 Å². The first kappa shape index (κ1) is 21.2. The van der Waals surface area contributed by atoms with E-state index in [9.17, 15) is 14.0 Å². The van der Waals surface area contributed by atoms with Crippen molar-refractivity contribution in [1.82, 2.24) is 0 Å². The van der Waals surface area contributed by atoms with E-state index in [-0.39, 0.29) is 12.4 Å². The van der Waals surface area contributed by atoms with Gasteiger partial charge < -0.3 is 24.8 Å². The molecule has 3 aromatic carbocycles. The fraction of sp³-hybridized carbons (Fsp3) is 0.167. The summed E-state index contributed by atoms with van der Waals surface area (Å²) in [4.78, 5) is 25.8. The molecule has 0 atom stereocenters. The summed E-state index contributed by atoms with van der Waals surface area (Å²) in [5.41, 5.74) is -0.151. The molecule has 0 bridgehead atoms. The van der Waals surface area contributed by atoms with E-state index in [4.69, 9.17) is 14.2 Å². The van der Waals surface area contributed by atoms with Gasteiger partial charge >= 0.3 is 0 Å². The molecule has 0 fully saturated rings. The Morgan fingerprint density at radius 2 is 1.66 bits per heavy atom. The zero-order chi connectivity index (χ0) is 22.7. The number of ether oxygens (including phenoxy) is 3. The average Bonchev–Trinajstić information content (AvgIpc) is 3.23. The second-order valence-electron chi connectivity index (χ2n) is 7.59. The van der Waals surface area contributed by atoms with Crippen molar-refractivity contribution in [1.29, 1.82) is 0 Å². The van der Waals surface area contributed by atoms with Crippen LogP contribution in [-0.4, -0.2) is 24.2 Å². The largest absolute Gasteiger partial charge is 0.478 e. The smallest absolute Gasteiger partial charge is 0.267 e.